The quantitative estimate of drug-likeness (QED) is 0.351. The molecule has 5 nitrogen and oxygen atoms in total. The molecule has 2 aromatic carbocycles. The number of ether oxygens (including phenoxy) is 1. The Balaban J connectivity index is 1.78. The van der Waals surface area contributed by atoms with Crippen molar-refractivity contribution in [2.75, 3.05) is 6.61 Å². The number of pyridine rings is 1. The number of carbonyl (C=O) groups excluding carboxylic acids is 1. The maximum absolute atomic E-state index is 13.3. The third-order valence-electron chi connectivity index (χ3n) is 4.18. The molecule has 4 rings (SSSR count). The van der Waals surface area contributed by atoms with Crippen LogP contribution in [0.2, 0.25) is 0 Å². The number of nitrogens with zero attached hydrogens (tertiary/aromatic N) is 2. The summed E-state index contributed by atoms with van der Waals surface area (Å²) in [5, 5.41) is 0. The van der Waals surface area contributed by atoms with Gasteiger partial charge in [-0.15, -0.1) is 0 Å². The van der Waals surface area contributed by atoms with Gasteiger partial charge in [0.15, 0.2) is 11.4 Å². The summed E-state index contributed by atoms with van der Waals surface area (Å²) in [7, 11) is 0. The van der Waals surface area contributed by atoms with Gasteiger partial charge >= 0.3 is 0 Å². The van der Waals surface area contributed by atoms with Crippen LogP contribution in [0, 0.1) is 0 Å². The van der Waals surface area contributed by atoms with Crippen molar-refractivity contribution in [3.05, 3.63) is 90.1 Å². The van der Waals surface area contributed by atoms with Crippen LogP contribution in [0.1, 0.15) is 28.9 Å². The van der Waals surface area contributed by atoms with Gasteiger partial charge in [0, 0.05) is 11.8 Å². The van der Waals surface area contributed by atoms with E-state index in [-0.39, 0.29) is 11.7 Å². The molecule has 0 fully saturated rings. The van der Waals surface area contributed by atoms with Crippen LogP contribution in [0.4, 0.5) is 0 Å². The normalized spacial score (nSPS) is 11.5. The first-order valence-electron chi connectivity index (χ1n) is 9.01. The molecule has 0 unspecified atom stereocenters. The number of benzene rings is 2. The van der Waals surface area contributed by atoms with Crippen molar-refractivity contribution in [1.29, 1.82) is 0 Å². The Bertz CT molecular complexity index is 1100. The van der Waals surface area contributed by atoms with Crippen molar-refractivity contribution in [1.82, 2.24) is 9.97 Å². The number of carbonyl (C=O) groups is 1. The molecule has 0 aliphatic carbocycles. The molecule has 0 radical (unpaired) electrons. The first-order chi connectivity index (χ1) is 13.7. The molecular formula is C23H18N2O3. The zero-order valence-corrected chi connectivity index (χ0v) is 15.3. The first kappa shape index (κ1) is 17.7. The Labute approximate surface area is 162 Å². The number of fused-ring (bicyclic) bond motifs is 1. The van der Waals surface area contributed by atoms with Crippen LogP contribution < -0.4 is 4.74 Å². The Morgan fingerprint density at radius 3 is 2.54 bits per heavy atom. The highest BCUT2D eigenvalue weighted by molar-refractivity contribution is 6.31. The average molecular weight is 370 g/mol. The molecule has 138 valence electrons. The highest BCUT2D eigenvalue weighted by atomic mass is 16.5. The molecule has 0 aliphatic rings. The number of hydrogen-bond acceptors (Lipinski definition) is 5. The van der Waals surface area contributed by atoms with Gasteiger partial charge in [-0.25, -0.2) is 4.98 Å². The lowest BCUT2D eigenvalue weighted by atomic mass is 10.0. The predicted molar refractivity (Wildman–Crippen MR) is 108 cm³/mol. The maximum Gasteiger partial charge on any atom is 0.231 e. The molecule has 0 atom stereocenters. The van der Waals surface area contributed by atoms with E-state index in [4.69, 9.17) is 9.15 Å². The van der Waals surface area contributed by atoms with E-state index in [1.165, 1.54) is 0 Å². The summed E-state index contributed by atoms with van der Waals surface area (Å²) in [6.45, 7) is 2.49. The fraction of sp³-hybridized carbons (Fsp3) is 0.0870. The highest BCUT2D eigenvalue weighted by Crippen LogP contribution is 2.26. The molecule has 0 aliphatic heterocycles. The molecule has 2 aromatic heterocycles. The average Bonchev–Trinajstić information content (AvgIpc) is 3.17. The largest absolute Gasteiger partial charge is 0.494 e. The molecule has 2 heterocycles. The van der Waals surface area contributed by atoms with E-state index in [2.05, 4.69) is 9.97 Å². The summed E-state index contributed by atoms with van der Waals surface area (Å²) in [6, 6.07) is 20.0. The minimum Gasteiger partial charge on any atom is -0.494 e. The van der Waals surface area contributed by atoms with Gasteiger partial charge in [-0.05, 0) is 61.5 Å². The van der Waals surface area contributed by atoms with Gasteiger partial charge in [-0.3, -0.25) is 9.78 Å². The lowest BCUT2D eigenvalue weighted by Crippen LogP contribution is -2.04. The standard InChI is InChI=1S/C23H18N2O3/c1-2-27-18-12-10-16(11-13-18)22(26)19(15-17-7-5-6-14-24-17)23-25-20-8-3-4-9-21(20)28-23/h3-15H,2H2,1H3/b19-15-. The second-order valence-electron chi connectivity index (χ2n) is 6.09. The highest BCUT2D eigenvalue weighted by Gasteiger charge is 2.20. The number of oxazole rings is 1. The molecule has 0 N–H and O–H groups in total. The molecule has 0 saturated heterocycles. The Morgan fingerprint density at radius 1 is 1.04 bits per heavy atom. The van der Waals surface area contributed by atoms with Crippen molar-refractivity contribution < 1.29 is 13.9 Å². The van der Waals surface area contributed by atoms with E-state index in [0.29, 0.717) is 34.5 Å². The van der Waals surface area contributed by atoms with Gasteiger partial charge < -0.3 is 9.15 Å². The summed E-state index contributed by atoms with van der Waals surface area (Å²) < 4.78 is 11.3. The van der Waals surface area contributed by atoms with Crippen LogP contribution in [0.5, 0.6) is 5.75 Å². The Kier molecular flexibility index (Phi) is 4.97. The SMILES string of the molecule is CCOc1ccc(C(=O)/C(=C/c2ccccn2)c2nc3ccccc3o2)cc1. The third-order valence-corrected chi connectivity index (χ3v) is 4.18. The number of allylic oxidation sites excluding steroid dienone is 1. The van der Waals surface area contributed by atoms with Gasteiger partial charge in [-0.1, -0.05) is 18.2 Å². The van der Waals surface area contributed by atoms with E-state index in [0.717, 1.165) is 5.75 Å². The third kappa shape index (κ3) is 3.69. The van der Waals surface area contributed by atoms with E-state index >= 15 is 0 Å². The van der Waals surface area contributed by atoms with Crippen LogP contribution in [-0.4, -0.2) is 22.4 Å². The van der Waals surface area contributed by atoms with Crippen molar-refractivity contribution in [2.45, 2.75) is 6.92 Å². The fourth-order valence-corrected chi connectivity index (χ4v) is 2.85. The molecule has 5 heteroatoms. The second-order valence-corrected chi connectivity index (χ2v) is 6.09. The zero-order valence-electron chi connectivity index (χ0n) is 15.3. The van der Waals surface area contributed by atoms with E-state index in [1.54, 1.807) is 36.5 Å². The van der Waals surface area contributed by atoms with E-state index in [1.807, 2.05) is 49.4 Å². The lowest BCUT2D eigenvalue weighted by molar-refractivity contribution is 0.105. The summed E-state index contributed by atoms with van der Waals surface area (Å²) in [6.07, 6.45) is 3.38. The summed E-state index contributed by atoms with van der Waals surface area (Å²) in [4.78, 5) is 22.0. The van der Waals surface area contributed by atoms with Crippen molar-refractivity contribution >= 4 is 28.5 Å². The van der Waals surface area contributed by atoms with Crippen LogP contribution >= 0.6 is 0 Å². The van der Waals surface area contributed by atoms with Gasteiger partial charge in [0.2, 0.25) is 5.89 Å². The van der Waals surface area contributed by atoms with Crippen LogP contribution in [0.15, 0.2) is 77.3 Å². The van der Waals surface area contributed by atoms with Gasteiger partial charge in [0.05, 0.1) is 17.9 Å². The molecule has 0 saturated carbocycles. The number of aromatic nitrogens is 2. The van der Waals surface area contributed by atoms with Crippen molar-refractivity contribution in [3.63, 3.8) is 0 Å². The number of para-hydroxylation sites is 2. The molecule has 0 amide bonds. The summed E-state index contributed by atoms with van der Waals surface area (Å²) >= 11 is 0. The monoisotopic (exact) mass is 370 g/mol. The minimum absolute atomic E-state index is 0.194. The maximum atomic E-state index is 13.3. The fourth-order valence-electron chi connectivity index (χ4n) is 2.85. The Morgan fingerprint density at radius 2 is 1.82 bits per heavy atom. The molecule has 0 bridgehead atoms. The van der Waals surface area contributed by atoms with E-state index in [9.17, 15) is 4.79 Å². The van der Waals surface area contributed by atoms with Gasteiger partial charge in [0.1, 0.15) is 11.3 Å². The molecule has 4 aromatic rings. The van der Waals surface area contributed by atoms with Crippen LogP contribution in [-0.2, 0) is 0 Å². The lowest BCUT2D eigenvalue weighted by Gasteiger charge is -2.06. The topological polar surface area (TPSA) is 65.2 Å². The van der Waals surface area contributed by atoms with Crippen LogP contribution in [0.25, 0.3) is 22.7 Å². The minimum atomic E-state index is -0.194. The number of ketones is 1. The summed E-state index contributed by atoms with van der Waals surface area (Å²) in [5.74, 6) is 0.794. The van der Waals surface area contributed by atoms with Crippen molar-refractivity contribution in [3.8, 4) is 5.75 Å². The number of hydrogen-bond donors (Lipinski definition) is 0. The van der Waals surface area contributed by atoms with E-state index < -0.39 is 0 Å². The molecule has 0 spiro atoms. The molecule has 28 heavy (non-hydrogen) atoms. The van der Waals surface area contributed by atoms with Gasteiger partial charge in [-0.2, -0.15) is 0 Å². The van der Waals surface area contributed by atoms with Crippen molar-refractivity contribution in [2.24, 2.45) is 0 Å². The van der Waals surface area contributed by atoms with Crippen LogP contribution in [0.3, 0.4) is 0 Å². The zero-order chi connectivity index (χ0) is 19.3. The number of rotatable bonds is 6. The first-order valence-corrected chi connectivity index (χ1v) is 9.01. The van der Waals surface area contributed by atoms with Gasteiger partial charge in [0.25, 0.3) is 0 Å². The predicted octanol–water partition coefficient (Wildman–Crippen LogP) is 5.05. The second kappa shape index (κ2) is 7.88. The molecular weight excluding hydrogens is 352 g/mol. The summed E-state index contributed by atoms with van der Waals surface area (Å²) in [5.41, 5.74) is 2.85. The Hall–Kier alpha value is -3.73. The smallest absolute Gasteiger partial charge is 0.231 e. The number of Topliss-reactive ketones (excluding diaryl/α,β-unsaturated/α-hetero) is 1.